The largest absolute Gasteiger partial charge is 0.490 e. The Morgan fingerprint density at radius 3 is 2.79 bits per heavy atom. The van der Waals surface area contributed by atoms with E-state index in [0.717, 1.165) is 5.56 Å². The van der Waals surface area contributed by atoms with Crippen molar-refractivity contribution in [2.45, 2.75) is 13.5 Å². The molecule has 1 fully saturated rings. The lowest BCUT2D eigenvalue weighted by Crippen LogP contribution is -2.17. The number of halogens is 3. The molecular formula is C19H14BrClFNO3S2. The third kappa shape index (κ3) is 4.86. The lowest BCUT2D eigenvalue weighted by molar-refractivity contribution is -0.115. The molecule has 28 heavy (non-hydrogen) atoms. The summed E-state index contributed by atoms with van der Waals surface area (Å²) < 4.78 is 26.5. The number of ether oxygens (including phenoxy) is 2. The van der Waals surface area contributed by atoms with E-state index in [9.17, 15) is 9.18 Å². The Morgan fingerprint density at radius 2 is 2.14 bits per heavy atom. The molecule has 2 aromatic rings. The van der Waals surface area contributed by atoms with Crippen LogP contribution < -0.4 is 14.8 Å². The predicted molar refractivity (Wildman–Crippen MR) is 117 cm³/mol. The number of benzene rings is 2. The summed E-state index contributed by atoms with van der Waals surface area (Å²) in [5, 5.41) is 2.86. The van der Waals surface area contributed by atoms with Gasteiger partial charge in [0, 0.05) is 5.56 Å². The zero-order valence-corrected chi connectivity index (χ0v) is 18.5. The quantitative estimate of drug-likeness (QED) is 0.405. The van der Waals surface area contributed by atoms with Crippen molar-refractivity contribution in [3.63, 3.8) is 0 Å². The van der Waals surface area contributed by atoms with E-state index in [2.05, 4.69) is 21.2 Å². The molecule has 0 saturated carbocycles. The topological polar surface area (TPSA) is 47.6 Å². The number of nitrogens with one attached hydrogen (secondary N) is 1. The third-order valence-electron chi connectivity index (χ3n) is 3.69. The van der Waals surface area contributed by atoms with Gasteiger partial charge >= 0.3 is 0 Å². The van der Waals surface area contributed by atoms with Crippen LogP contribution in [0.25, 0.3) is 6.08 Å². The van der Waals surface area contributed by atoms with Crippen LogP contribution >= 0.6 is 51.5 Å². The van der Waals surface area contributed by atoms with Gasteiger partial charge in [-0.1, -0.05) is 41.6 Å². The number of carbonyl (C=O) groups excluding carboxylic acids is 1. The van der Waals surface area contributed by atoms with Gasteiger partial charge in [0.05, 0.1) is 21.0 Å². The van der Waals surface area contributed by atoms with Crippen molar-refractivity contribution in [3.8, 4) is 11.5 Å². The van der Waals surface area contributed by atoms with Crippen molar-refractivity contribution >= 4 is 67.8 Å². The second-order valence-electron chi connectivity index (χ2n) is 5.60. The summed E-state index contributed by atoms with van der Waals surface area (Å²) in [4.78, 5) is 12.4. The Morgan fingerprint density at radius 1 is 1.36 bits per heavy atom. The number of hydrogen-bond donors (Lipinski definition) is 1. The van der Waals surface area contributed by atoms with Crippen LogP contribution in [0.3, 0.4) is 0 Å². The molecule has 146 valence electrons. The molecule has 1 saturated heterocycles. The summed E-state index contributed by atoms with van der Waals surface area (Å²) in [6.07, 6.45) is 1.71. The minimum atomic E-state index is -0.442. The van der Waals surface area contributed by atoms with Crippen molar-refractivity contribution in [2.24, 2.45) is 0 Å². The summed E-state index contributed by atoms with van der Waals surface area (Å²) in [7, 11) is 0. The van der Waals surface area contributed by atoms with Crippen LogP contribution in [0.5, 0.6) is 11.5 Å². The highest BCUT2D eigenvalue weighted by molar-refractivity contribution is 9.10. The van der Waals surface area contributed by atoms with Crippen molar-refractivity contribution < 1.29 is 18.7 Å². The first kappa shape index (κ1) is 21.1. The fraction of sp³-hybridized carbons (Fsp3) is 0.158. The average Bonchev–Trinajstić information content (AvgIpc) is 2.93. The molecule has 0 atom stereocenters. The highest BCUT2D eigenvalue weighted by atomic mass is 79.9. The molecule has 0 aromatic heterocycles. The van der Waals surface area contributed by atoms with Crippen LogP contribution in [0, 0.1) is 5.82 Å². The van der Waals surface area contributed by atoms with E-state index in [1.165, 1.54) is 23.9 Å². The Hall–Kier alpha value is -1.61. The fourth-order valence-corrected chi connectivity index (χ4v) is 4.30. The molecule has 1 aliphatic heterocycles. The zero-order valence-electron chi connectivity index (χ0n) is 14.6. The van der Waals surface area contributed by atoms with Gasteiger partial charge in [-0.15, -0.1) is 0 Å². The number of carbonyl (C=O) groups is 1. The van der Waals surface area contributed by atoms with E-state index >= 15 is 0 Å². The molecule has 0 bridgehead atoms. The van der Waals surface area contributed by atoms with Gasteiger partial charge in [0.25, 0.3) is 5.91 Å². The normalized spacial score (nSPS) is 15.1. The molecule has 1 N–H and O–H groups in total. The molecule has 0 radical (unpaired) electrons. The van der Waals surface area contributed by atoms with Crippen molar-refractivity contribution in [3.05, 3.63) is 61.7 Å². The van der Waals surface area contributed by atoms with Gasteiger partial charge in [0.1, 0.15) is 16.7 Å². The van der Waals surface area contributed by atoms with Crippen LogP contribution in [0.2, 0.25) is 5.02 Å². The lowest BCUT2D eigenvalue weighted by Gasteiger charge is -2.15. The highest BCUT2D eigenvalue weighted by Gasteiger charge is 2.22. The molecule has 1 amide bonds. The summed E-state index contributed by atoms with van der Waals surface area (Å²) in [6.45, 7) is 2.19. The Bertz CT molecular complexity index is 964. The summed E-state index contributed by atoms with van der Waals surface area (Å²) in [5.41, 5.74) is 0.992. The number of hydrogen-bond acceptors (Lipinski definition) is 5. The van der Waals surface area contributed by atoms with E-state index in [1.807, 2.05) is 6.92 Å². The maximum atomic E-state index is 14.0. The monoisotopic (exact) mass is 501 g/mol. The summed E-state index contributed by atoms with van der Waals surface area (Å²) in [6, 6.07) is 7.99. The van der Waals surface area contributed by atoms with Crippen LogP contribution in [0.4, 0.5) is 4.39 Å². The van der Waals surface area contributed by atoms with Crippen molar-refractivity contribution in [1.82, 2.24) is 5.32 Å². The number of amides is 1. The Kier molecular flexibility index (Phi) is 6.98. The molecule has 0 aliphatic carbocycles. The number of thioether (sulfide) groups is 1. The maximum absolute atomic E-state index is 14.0. The third-order valence-corrected chi connectivity index (χ3v) is 5.80. The molecule has 2 aromatic carbocycles. The molecule has 1 aliphatic rings. The molecule has 4 nitrogen and oxygen atoms in total. The maximum Gasteiger partial charge on any atom is 0.263 e. The first-order valence-electron chi connectivity index (χ1n) is 8.16. The van der Waals surface area contributed by atoms with Gasteiger partial charge < -0.3 is 14.8 Å². The molecule has 0 spiro atoms. The lowest BCUT2D eigenvalue weighted by atomic mass is 10.1. The van der Waals surface area contributed by atoms with Gasteiger partial charge in [-0.05, 0) is 58.8 Å². The standard InChI is InChI=1S/C19H14BrClFNO3S2/c1-2-25-15-7-10(8-16-18(24)23-19(27)28-16)6-12(20)17(15)26-9-11-13(21)4-3-5-14(11)22/h3-8H,2,9H2,1H3,(H,23,24,27)/b16-8+. The van der Waals surface area contributed by atoms with Crippen LogP contribution in [0.1, 0.15) is 18.1 Å². The summed E-state index contributed by atoms with van der Waals surface area (Å²) in [5.74, 6) is 0.200. The van der Waals surface area contributed by atoms with E-state index in [1.54, 1.807) is 24.3 Å². The SMILES string of the molecule is CCOc1cc(/C=C2/SC(=S)NC2=O)cc(Br)c1OCc1c(F)cccc1Cl. The molecule has 1 heterocycles. The minimum Gasteiger partial charge on any atom is -0.490 e. The van der Waals surface area contributed by atoms with E-state index in [-0.39, 0.29) is 23.1 Å². The van der Waals surface area contributed by atoms with Crippen LogP contribution in [-0.2, 0) is 11.4 Å². The molecule has 0 unspecified atom stereocenters. The van der Waals surface area contributed by atoms with Gasteiger partial charge in [0.15, 0.2) is 11.5 Å². The van der Waals surface area contributed by atoms with Gasteiger partial charge in [-0.2, -0.15) is 0 Å². The highest BCUT2D eigenvalue weighted by Crippen LogP contribution is 2.39. The van der Waals surface area contributed by atoms with Gasteiger partial charge in [-0.25, -0.2) is 4.39 Å². The first-order valence-corrected chi connectivity index (χ1v) is 10.6. The number of rotatable bonds is 6. The second-order valence-corrected chi connectivity index (χ2v) is 8.58. The predicted octanol–water partition coefficient (Wildman–Crippen LogP) is 5.71. The van der Waals surface area contributed by atoms with Gasteiger partial charge in [0.2, 0.25) is 0 Å². The van der Waals surface area contributed by atoms with Crippen molar-refractivity contribution in [1.29, 1.82) is 0 Å². The smallest absolute Gasteiger partial charge is 0.263 e. The molecular weight excluding hydrogens is 489 g/mol. The van der Waals surface area contributed by atoms with E-state index in [4.69, 9.17) is 33.3 Å². The summed E-state index contributed by atoms with van der Waals surface area (Å²) >= 11 is 15.7. The number of thiocarbonyl (C=S) groups is 1. The Labute approximate surface area is 184 Å². The van der Waals surface area contributed by atoms with E-state index < -0.39 is 5.82 Å². The average molecular weight is 503 g/mol. The molecule has 9 heteroatoms. The first-order chi connectivity index (χ1) is 13.4. The minimum absolute atomic E-state index is 0.0584. The molecule has 3 rings (SSSR count). The second kappa shape index (κ2) is 9.26. The van der Waals surface area contributed by atoms with Crippen LogP contribution in [-0.4, -0.2) is 16.8 Å². The van der Waals surface area contributed by atoms with E-state index in [0.29, 0.717) is 31.8 Å². The zero-order chi connectivity index (χ0) is 20.3. The Balaban J connectivity index is 1.90. The van der Waals surface area contributed by atoms with Crippen molar-refractivity contribution in [2.75, 3.05) is 6.61 Å². The fourth-order valence-electron chi connectivity index (χ4n) is 2.46. The van der Waals surface area contributed by atoms with Crippen LogP contribution in [0.15, 0.2) is 39.7 Å². The van der Waals surface area contributed by atoms with Gasteiger partial charge in [-0.3, -0.25) is 4.79 Å².